The SMILES string of the molecule is CC(=O)NCCOC(=O)c1ccccc1C(=O)O[C@H]1CC[C@]2(C)[C@H]3CC=C4[C@@H]5CC(C)(C)CC[C@]5(C(=O)OCCN5CCN(C)CC5)CC[C@@]4(C)[C@]3(C)CC[C@H]2C1(C)C. The average Bonchev–Trinajstić information content (AvgIpc) is 3.18. The van der Waals surface area contributed by atoms with Crippen LogP contribution in [0.25, 0.3) is 0 Å². The van der Waals surface area contributed by atoms with Gasteiger partial charge in [-0.25, -0.2) is 9.59 Å². The summed E-state index contributed by atoms with van der Waals surface area (Å²) in [7, 11) is 2.17. The molecule has 8 atom stereocenters. The number of ether oxygens (including phenoxy) is 3. The third-order valence-corrected chi connectivity index (χ3v) is 17.5. The minimum atomic E-state index is -0.613. The highest BCUT2D eigenvalue weighted by Crippen LogP contribution is 2.76. The van der Waals surface area contributed by atoms with Crippen LogP contribution in [0.3, 0.4) is 0 Å². The van der Waals surface area contributed by atoms with Crippen LogP contribution in [0.4, 0.5) is 0 Å². The molecule has 4 saturated carbocycles. The van der Waals surface area contributed by atoms with Gasteiger partial charge in [-0.1, -0.05) is 72.2 Å². The summed E-state index contributed by atoms with van der Waals surface area (Å²) in [5.41, 5.74) is 1.45. The van der Waals surface area contributed by atoms with Gasteiger partial charge in [0.05, 0.1) is 23.1 Å². The zero-order chi connectivity index (χ0) is 42.6. The van der Waals surface area contributed by atoms with Crippen LogP contribution in [-0.2, 0) is 23.8 Å². The van der Waals surface area contributed by atoms with Gasteiger partial charge in [0.25, 0.3) is 0 Å². The summed E-state index contributed by atoms with van der Waals surface area (Å²) in [5, 5.41) is 2.62. The fourth-order valence-electron chi connectivity index (χ4n) is 13.8. The van der Waals surface area contributed by atoms with E-state index in [-0.39, 0.29) is 75.3 Å². The molecule has 6 aliphatic rings. The lowest BCUT2D eigenvalue weighted by Crippen LogP contribution is -2.65. The quantitative estimate of drug-likeness (QED) is 0.108. The van der Waals surface area contributed by atoms with Crippen LogP contribution in [0.1, 0.15) is 140 Å². The third-order valence-electron chi connectivity index (χ3n) is 17.5. The molecule has 0 unspecified atom stereocenters. The molecule has 0 bridgehead atoms. The van der Waals surface area contributed by atoms with E-state index < -0.39 is 17.4 Å². The summed E-state index contributed by atoms with van der Waals surface area (Å²) in [6, 6.07) is 6.68. The number of carbonyl (C=O) groups excluding carboxylic acids is 4. The number of hydrogen-bond donors (Lipinski definition) is 1. The number of allylic oxidation sites excluding steroid dienone is 2. The zero-order valence-electron chi connectivity index (χ0n) is 37.7. The molecule has 0 aromatic heterocycles. The van der Waals surface area contributed by atoms with E-state index in [0.717, 1.165) is 96.9 Å². The Morgan fingerprint density at radius 1 is 0.780 bits per heavy atom. The summed E-state index contributed by atoms with van der Waals surface area (Å²) in [4.78, 5) is 57.5. The van der Waals surface area contributed by atoms with E-state index in [1.54, 1.807) is 29.8 Å². The van der Waals surface area contributed by atoms with E-state index in [0.29, 0.717) is 18.4 Å². The maximum absolute atomic E-state index is 14.5. The van der Waals surface area contributed by atoms with Gasteiger partial charge in [0.15, 0.2) is 0 Å². The predicted octanol–water partition coefficient (Wildman–Crippen LogP) is 8.10. The van der Waals surface area contributed by atoms with Gasteiger partial charge < -0.3 is 24.4 Å². The Kier molecular flexibility index (Phi) is 12.1. The van der Waals surface area contributed by atoms with E-state index in [1.165, 1.54) is 6.92 Å². The summed E-state index contributed by atoms with van der Waals surface area (Å²) >= 11 is 0. The molecular formula is C49H73N3O7. The first-order valence-corrected chi connectivity index (χ1v) is 22.8. The Labute approximate surface area is 353 Å². The monoisotopic (exact) mass is 816 g/mol. The van der Waals surface area contributed by atoms with Crippen LogP contribution in [0, 0.1) is 50.2 Å². The molecule has 59 heavy (non-hydrogen) atoms. The van der Waals surface area contributed by atoms with Gasteiger partial charge in [-0.05, 0) is 123 Å². The number of esters is 3. The molecule has 5 aliphatic carbocycles. The van der Waals surface area contributed by atoms with Crippen molar-refractivity contribution in [3.8, 4) is 0 Å². The van der Waals surface area contributed by atoms with Crippen molar-refractivity contribution in [1.82, 2.24) is 15.1 Å². The molecule has 0 spiro atoms. The van der Waals surface area contributed by atoms with Crippen molar-refractivity contribution in [3.05, 3.63) is 47.0 Å². The Hall–Kier alpha value is -3.24. The molecule has 1 heterocycles. The molecule has 326 valence electrons. The van der Waals surface area contributed by atoms with E-state index >= 15 is 0 Å². The highest BCUT2D eigenvalue weighted by molar-refractivity contribution is 6.03. The zero-order valence-corrected chi connectivity index (χ0v) is 37.7. The molecule has 1 amide bonds. The van der Waals surface area contributed by atoms with Gasteiger partial charge in [0.1, 0.15) is 19.3 Å². The third kappa shape index (κ3) is 7.80. The second-order valence-electron chi connectivity index (χ2n) is 21.6. The predicted molar refractivity (Wildman–Crippen MR) is 229 cm³/mol. The van der Waals surface area contributed by atoms with Crippen LogP contribution in [0.2, 0.25) is 0 Å². The number of nitrogens with one attached hydrogen (secondary N) is 1. The molecule has 7 rings (SSSR count). The lowest BCUT2D eigenvalue weighted by atomic mass is 9.33. The van der Waals surface area contributed by atoms with E-state index in [1.807, 2.05) is 0 Å². The van der Waals surface area contributed by atoms with E-state index in [4.69, 9.17) is 14.2 Å². The van der Waals surface area contributed by atoms with Gasteiger partial charge >= 0.3 is 17.9 Å². The van der Waals surface area contributed by atoms with Gasteiger partial charge in [-0.15, -0.1) is 0 Å². The molecule has 1 aromatic carbocycles. The topological polar surface area (TPSA) is 114 Å². The standard InChI is InChI=1S/C49H73N3O7/c1-33(53)50-24-30-57-41(54)34-12-10-11-13-35(34)42(55)59-40-17-18-46(6)38(45(40,4)5)16-19-48(8)39(46)15-14-36-37-32-44(2,3)20-22-49(37,23-21-47(36,48)7)43(56)58-31-29-52-27-25-51(9)26-28-52/h10-14,37-40H,15-32H2,1-9H3,(H,50,53)/t37-,38-,39+,40-,46-,47+,48+,49-/m0/s1. The maximum atomic E-state index is 14.5. The van der Waals surface area contributed by atoms with Crippen molar-refractivity contribution in [2.45, 2.75) is 126 Å². The highest BCUT2D eigenvalue weighted by Gasteiger charge is 2.69. The highest BCUT2D eigenvalue weighted by atomic mass is 16.5. The second-order valence-corrected chi connectivity index (χ2v) is 21.6. The minimum Gasteiger partial charge on any atom is -0.464 e. The largest absolute Gasteiger partial charge is 0.464 e. The smallest absolute Gasteiger partial charge is 0.339 e. The molecule has 1 aliphatic heterocycles. The molecular weight excluding hydrogens is 743 g/mol. The maximum Gasteiger partial charge on any atom is 0.339 e. The number of fused-ring (bicyclic) bond motifs is 7. The molecule has 10 heteroatoms. The first kappa shape index (κ1) is 43.8. The van der Waals surface area contributed by atoms with Crippen molar-refractivity contribution < 1.29 is 33.4 Å². The molecule has 10 nitrogen and oxygen atoms in total. The van der Waals surface area contributed by atoms with Gasteiger partial charge in [0, 0.05) is 45.1 Å². The molecule has 1 N–H and O–H groups in total. The van der Waals surface area contributed by atoms with Crippen LogP contribution < -0.4 is 5.32 Å². The van der Waals surface area contributed by atoms with Crippen molar-refractivity contribution in [1.29, 1.82) is 0 Å². The fraction of sp³-hybridized carbons (Fsp3) is 0.755. The van der Waals surface area contributed by atoms with Crippen molar-refractivity contribution in [3.63, 3.8) is 0 Å². The Bertz CT molecular complexity index is 1820. The van der Waals surface area contributed by atoms with Crippen molar-refractivity contribution >= 4 is 23.8 Å². The van der Waals surface area contributed by atoms with Crippen LogP contribution >= 0.6 is 0 Å². The van der Waals surface area contributed by atoms with E-state index in [9.17, 15) is 19.2 Å². The number of nitrogens with zero attached hydrogens (tertiary/aromatic N) is 2. The number of amides is 1. The molecule has 1 saturated heterocycles. The molecule has 0 radical (unpaired) electrons. The fourth-order valence-corrected chi connectivity index (χ4v) is 13.8. The van der Waals surface area contributed by atoms with Gasteiger partial charge in [-0.3, -0.25) is 14.5 Å². The molecule has 5 fully saturated rings. The van der Waals surface area contributed by atoms with Gasteiger partial charge in [0.2, 0.25) is 5.91 Å². The lowest BCUT2D eigenvalue weighted by Gasteiger charge is -2.71. The van der Waals surface area contributed by atoms with Crippen LogP contribution in [0.15, 0.2) is 35.9 Å². The Balaban J connectivity index is 1.08. The van der Waals surface area contributed by atoms with Crippen LogP contribution in [0.5, 0.6) is 0 Å². The van der Waals surface area contributed by atoms with Crippen molar-refractivity contribution in [2.24, 2.45) is 50.2 Å². The molecule has 1 aromatic rings. The number of likely N-dealkylation sites (N-methyl/N-ethyl adjacent to an activating group) is 1. The van der Waals surface area contributed by atoms with Gasteiger partial charge in [-0.2, -0.15) is 0 Å². The average molecular weight is 816 g/mol. The Morgan fingerprint density at radius 2 is 1.46 bits per heavy atom. The summed E-state index contributed by atoms with van der Waals surface area (Å²) in [6.07, 6.45) is 12.1. The summed E-state index contributed by atoms with van der Waals surface area (Å²) in [5.74, 6) is -0.253. The number of benzene rings is 1. The first-order chi connectivity index (χ1) is 27.8. The normalized spacial score (nSPS) is 36.3. The number of rotatable bonds is 10. The second kappa shape index (κ2) is 16.2. The van der Waals surface area contributed by atoms with Crippen LogP contribution in [-0.4, -0.2) is 99.2 Å². The summed E-state index contributed by atoms with van der Waals surface area (Å²) in [6.45, 7) is 24.1. The number of hydrogen-bond acceptors (Lipinski definition) is 9. The number of carbonyl (C=O) groups is 4. The first-order valence-electron chi connectivity index (χ1n) is 22.8. The minimum absolute atomic E-state index is 0.0109. The van der Waals surface area contributed by atoms with E-state index in [2.05, 4.69) is 76.7 Å². The van der Waals surface area contributed by atoms with Crippen molar-refractivity contribution in [2.75, 3.05) is 59.5 Å². The lowest BCUT2D eigenvalue weighted by molar-refractivity contribution is -0.206. The summed E-state index contributed by atoms with van der Waals surface area (Å²) < 4.78 is 18.1. The number of piperazine rings is 1. The Morgan fingerprint density at radius 3 is 2.15 bits per heavy atom.